The maximum atomic E-state index is 12.2. The van der Waals surface area contributed by atoms with Gasteiger partial charge in [0.05, 0.1) is 0 Å². The molecule has 4 rings (SSSR count). The van der Waals surface area contributed by atoms with Crippen LogP contribution in [0.2, 0.25) is 0 Å². The van der Waals surface area contributed by atoms with E-state index in [1.165, 1.54) is 174 Å². The second-order valence-electron chi connectivity index (χ2n) is 19.7. The first-order valence-electron chi connectivity index (χ1n) is 29.7. The summed E-state index contributed by atoms with van der Waals surface area (Å²) >= 11 is 0. The van der Waals surface area contributed by atoms with E-state index in [0.29, 0.717) is 0 Å². The summed E-state index contributed by atoms with van der Waals surface area (Å²) in [6.07, 6.45) is 24.3. The first kappa shape index (κ1) is 91.9. The van der Waals surface area contributed by atoms with Gasteiger partial charge in [0.15, 0.2) is 23.0 Å². The highest BCUT2D eigenvalue weighted by molar-refractivity contribution is 6.30. The molecule has 0 heterocycles. The van der Waals surface area contributed by atoms with Crippen molar-refractivity contribution >= 4 is 7.32 Å². The van der Waals surface area contributed by atoms with E-state index in [1.807, 2.05) is 0 Å². The second-order valence-corrected chi connectivity index (χ2v) is 19.7. The number of benzene rings is 4. The molecule has 7 N–H and O–H groups in total. The maximum Gasteiger partial charge on any atom is 0.631 e. The highest BCUT2D eigenvalue weighted by Crippen LogP contribution is 2.31. The minimum absolute atomic E-state index is 1.32. The Morgan fingerprint density at radius 3 is 0.352 bits per heavy atom. The van der Waals surface area contributed by atoms with Crippen LogP contribution in [0, 0.1) is 116 Å². The van der Waals surface area contributed by atoms with E-state index in [-0.39, 0.29) is 0 Å². The molecule has 0 bridgehead atoms. The number of hydrogen-bond acceptors (Lipinski definition) is 10. The third-order valence-corrected chi connectivity index (χ3v) is 12.2. The van der Waals surface area contributed by atoms with Crippen LogP contribution in [-0.2, 0) is 0 Å². The fourth-order valence-corrected chi connectivity index (χ4v) is 6.81. The molecule has 91 heavy (non-hydrogen) atoms. The summed E-state index contributed by atoms with van der Waals surface area (Å²) in [7, 11) is -2.17. The molecule has 528 valence electrons. The Labute approximate surface area is 520 Å². The molecule has 0 spiro atoms. The van der Waals surface area contributed by atoms with Gasteiger partial charge in [-0.15, -0.1) is 0 Å². The van der Waals surface area contributed by atoms with Gasteiger partial charge in [0.1, 0.15) is 0 Å². The number of phenols is 4. The van der Waals surface area contributed by atoms with E-state index in [1.54, 1.807) is 0 Å². The van der Waals surface area contributed by atoms with Crippen molar-refractivity contribution in [1.29, 1.82) is 0 Å². The highest BCUT2D eigenvalue weighted by atomic mass is 19.2. The third-order valence-electron chi connectivity index (χ3n) is 12.2. The fourth-order valence-electron chi connectivity index (χ4n) is 6.81. The number of aromatic hydroxyl groups is 4. The van der Waals surface area contributed by atoms with Gasteiger partial charge < -0.3 is 50.2 Å². The van der Waals surface area contributed by atoms with Gasteiger partial charge in [-0.25, -0.2) is 52.7 Å². The first-order valence-corrected chi connectivity index (χ1v) is 29.7. The van der Waals surface area contributed by atoms with Gasteiger partial charge in [0.2, 0.25) is 116 Å². The van der Waals surface area contributed by atoms with Crippen LogP contribution in [0.4, 0.5) is 87.8 Å². The molecule has 0 atom stereocenters. The number of unbranched alkanes of at least 4 members (excludes halogenated alkanes) is 9. The van der Waals surface area contributed by atoms with Gasteiger partial charge in [-0.3, -0.25) is 0 Å². The lowest BCUT2D eigenvalue weighted by atomic mass is 10.2. The van der Waals surface area contributed by atoms with Crippen molar-refractivity contribution in [3.05, 3.63) is 116 Å². The maximum absolute atomic E-state index is 12.2. The predicted molar refractivity (Wildman–Crippen MR) is 307 cm³/mol. The van der Waals surface area contributed by atoms with Crippen molar-refractivity contribution in [3.8, 4) is 23.0 Å². The quantitative estimate of drug-likeness (QED) is 0.0133. The van der Waals surface area contributed by atoms with Crippen LogP contribution in [0.5, 0.6) is 23.0 Å². The van der Waals surface area contributed by atoms with Crippen molar-refractivity contribution in [2.75, 3.05) is 58.9 Å². The molecule has 0 unspecified atom stereocenters. The lowest BCUT2D eigenvalue weighted by molar-refractivity contribution is 0.261. The SMILES string of the molecule is CCCCN(CCCC)CCCC.CCCCN(CCCC)CCCC.CCCCN(CCCC)CCCC.OB(O)O.Oc1c(F)c(F)c(F)c(F)c1F.Oc1c(F)c(F)c(F)c(F)c1F.Oc1c(F)c(F)c(F)c(F)c1F.Oc1c(F)c(F)c(F)c(F)c1F. The normalized spacial score (nSPS) is 10.5. The Hall–Kier alpha value is -5.50. The Balaban J connectivity index is -0.000000480. The highest BCUT2D eigenvalue weighted by Gasteiger charge is 2.28. The number of phenolic OH excluding ortho intramolecular Hbond substituents is 4. The van der Waals surface area contributed by atoms with Gasteiger partial charge in [-0.05, 0) is 117 Å². The summed E-state index contributed by atoms with van der Waals surface area (Å²) in [5.41, 5.74) is 0. The molecule has 10 nitrogen and oxygen atoms in total. The minimum atomic E-state index is -2.29. The van der Waals surface area contributed by atoms with Crippen molar-refractivity contribution in [2.24, 2.45) is 0 Å². The van der Waals surface area contributed by atoms with Crippen molar-refractivity contribution < 1.29 is 123 Å². The van der Waals surface area contributed by atoms with Gasteiger partial charge in [-0.1, -0.05) is 120 Å². The molecular weight excluding hydrogens is 1270 g/mol. The van der Waals surface area contributed by atoms with Gasteiger partial charge in [0.25, 0.3) is 0 Å². The van der Waals surface area contributed by atoms with Crippen LogP contribution in [0.25, 0.3) is 0 Å². The minimum Gasteiger partial charge on any atom is -0.503 e. The molecule has 0 radical (unpaired) electrons. The molecule has 0 fully saturated rings. The number of halogens is 20. The fraction of sp³-hybridized carbons (Fsp3) is 0.600. The molecule has 0 aliphatic carbocycles. The van der Waals surface area contributed by atoms with Gasteiger partial charge in [-0.2, -0.15) is 35.1 Å². The monoisotopic (exact) mass is 1350 g/mol. The molecule has 4 aromatic rings. The molecule has 0 amide bonds. The molecular formula is C60H88BF20N3O7. The molecule has 0 saturated carbocycles. The largest absolute Gasteiger partial charge is 0.631 e. The van der Waals surface area contributed by atoms with Crippen molar-refractivity contribution in [1.82, 2.24) is 14.7 Å². The number of nitrogens with zero attached hydrogens (tertiary/aromatic N) is 3. The van der Waals surface area contributed by atoms with Crippen LogP contribution in [0.3, 0.4) is 0 Å². The van der Waals surface area contributed by atoms with Crippen LogP contribution in [-0.4, -0.2) is 116 Å². The van der Waals surface area contributed by atoms with Crippen LogP contribution >= 0.6 is 0 Å². The van der Waals surface area contributed by atoms with E-state index in [0.717, 1.165) is 0 Å². The van der Waals surface area contributed by atoms with E-state index >= 15 is 0 Å². The van der Waals surface area contributed by atoms with Crippen LogP contribution in [0.1, 0.15) is 178 Å². The van der Waals surface area contributed by atoms with Crippen molar-refractivity contribution in [2.45, 2.75) is 178 Å². The molecule has 31 heteroatoms. The first-order chi connectivity index (χ1) is 42.6. The summed E-state index contributed by atoms with van der Waals surface area (Å²) in [5, 5.41) is 54.7. The zero-order valence-corrected chi connectivity index (χ0v) is 52.7. The summed E-state index contributed by atoms with van der Waals surface area (Å²) in [6.45, 7) is 32.3. The lowest BCUT2D eigenvalue weighted by Gasteiger charge is -2.21. The molecule has 4 aromatic carbocycles. The topological polar surface area (TPSA) is 151 Å². The average Bonchev–Trinajstić information content (AvgIpc) is 1.01. The number of hydrogen-bond donors (Lipinski definition) is 7. The van der Waals surface area contributed by atoms with Gasteiger partial charge in [0, 0.05) is 0 Å². The third kappa shape index (κ3) is 35.9. The molecule has 0 aliphatic rings. The van der Waals surface area contributed by atoms with E-state index in [2.05, 4.69) is 77.0 Å². The zero-order chi connectivity index (χ0) is 71.3. The summed E-state index contributed by atoms with van der Waals surface area (Å²) in [4.78, 5) is 7.91. The van der Waals surface area contributed by atoms with Gasteiger partial charge >= 0.3 is 7.32 Å². The standard InChI is InChI=1S/3C12H27N.4C6HF5O.BH3O3/c3*1-4-7-10-13(11-8-5-2)12-9-6-3;4*7-1-2(8)4(10)6(12)5(11)3(1)9;2-1(3)4/h3*4-12H2,1-3H3;4*12H;2-4H. The van der Waals surface area contributed by atoms with Crippen molar-refractivity contribution in [3.63, 3.8) is 0 Å². The second kappa shape index (κ2) is 52.9. The molecule has 0 aromatic heterocycles. The molecule has 0 aliphatic heterocycles. The van der Waals surface area contributed by atoms with Crippen LogP contribution in [0.15, 0.2) is 0 Å². The van der Waals surface area contributed by atoms with E-state index in [4.69, 9.17) is 35.5 Å². The summed E-state index contributed by atoms with van der Waals surface area (Å²) in [5.74, 6) is -51.8. The van der Waals surface area contributed by atoms with E-state index < -0.39 is 147 Å². The lowest BCUT2D eigenvalue weighted by Crippen LogP contribution is -2.27. The smallest absolute Gasteiger partial charge is 0.503 e. The Morgan fingerprint density at radius 2 is 0.275 bits per heavy atom. The molecule has 0 saturated heterocycles. The average molecular weight is 1350 g/mol. The predicted octanol–water partition coefficient (Wildman–Crippen LogP) is 17.4. The summed E-state index contributed by atoms with van der Waals surface area (Å²) in [6, 6.07) is 0. The van der Waals surface area contributed by atoms with Crippen LogP contribution < -0.4 is 0 Å². The number of rotatable bonds is 27. The Kier molecular flexibility index (Phi) is 53.5. The Morgan fingerprint density at radius 1 is 0.198 bits per heavy atom. The van der Waals surface area contributed by atoms with E-state index in [9.17, 15) is 87.8 Å². The zero-order valence-electron chi connectivity index (χ0n) is 52.7. The Bertz CT molecular complexity index is 1810. The summed E-state index contributed by atoms with van der Waals surface area (Å²) < 4.78 is 243.